The Kier molecular flexibility index (Phi) is 8.83. The highest BCUT2D eigenvalue weighted by Crippen LogP contribution is 2.49. The van der Waals surface area contributed by atoms with Crippen molar-refractivity contribution in [3.8, 4) is 11.5 Å². The average Bonchev–Trinajstić information content (AvgIpc) is 3.59. The number of anilines is 2. The number of carbonyl (C=O) groups excluding carboxylic acids is 2. The Hall–Kier alpha value is -4.85. The highest BCUT2D eigenvalue weighted by molar-refractivity contribution is 7.12. The van der Waals surface area contributed by atoms with Gasteiger partial charge in [-0.2, -0.15) is 0 Å². The van der Waals surface area contributed by atoms with E-state index in [4.69, 9.17) is 21.1 Å². The van der Waals surface area contributed by atoms with Gasteiger partial charge in [-0.3, -0.25) is 14.5 Å². The van der Waals surface area contributed by atoms with Crippen LogP contribution < -0.4 is 19.7 Å². The summed E-state index contributed by atoms with van der Waals surface area (Å²) in [6.45, 7) is 2.66. The molecule has 1 aliphatic carbocycles. The number of para-hydroxylation sites is 2. The van der Waals surface area contributed by atoms with Gasteiger partial charge in [-0.1, -0.05) is 78.3 Å². The summed E-state index contributed by atoms with van der Waals surface area (Å²) >= 11 is 7.46. The fourth-order valence-electron chi connectivity index (χ4n) is 6.43. The Morgan fingerprint density at radius 1 is 0.872 bits per heavy atom. The number of amides is 1. The molecule has 0 spiro atoms. The van der Waals surface area contributed by atoms with Gasteiger partial charge in [0.25, 0.3) is 5.91 Å². The molecule has 0 radical (unpaired) electrons. The van der Waals surface area contributed by atoms with Crippen LogP contribution in [0.5, 0.6) is 11.5 Å². The van der Waals surface area contributed by atoms with Crippen LogP contribution in [0.1, 0.15) is 58.1 Å². The second kappa shape index (κ2) is 13.5. The Labute approximate surface area is 283 Å². The molecule has 2 atom stereocenters. The Bertz CT molecular complexity index is 1940. The van der Waals surface area contributed by atoms with Crippen LogP contribution in [0.15, 0.2) is 126 Å². The number of benzene rings is 4. The van der Waals surface area contributed by atoms with E-state index >= 15 is 0 Å². The molecule has 7 rings (SSSR count). The van der Waals surface area contributed by atoms with Gasteiger partial charge in [0.1, 0.15) is 6.61 Å². The van der Waals surface area contributed by atoms with E-state index in [0.717, 1.165) is 28.1 Å². The summed E-state index contributed by atoms with van der Waals surface area (Å²) < 4.78 is 12.3. The van der Waals surface area contributed by atoms with Crippen molar-refractivity contribution in [2.45, 2.75) is 38.3 Å². The molecule has 5 aromatic rings. The molecule has 2 aliphatic rings. The predicted molar refractivity (Wildman–Crippen MR) is 188 cm³/mol. The third-order valence-electron chi connectivity index (χ3n) is 8.60. The van der Waals surface area contributed by atoms with E-state index in [1.54, 1.807) is 4.90 Å². The summed E-state index contributed by atoms with van der Waals surface area (Å²) in [5.74, 6) is 0.968. The maximum Gasteiger partial charge on any atom is 0.269 e. The lowest BCUT2D eigenvalue weighted by Gasteiger charge is -2.35. The Morgan fingerprint density at radius 2 is 1.66 bits per heavy atom. The normalized spacial score (nSPS) is 17.3. The number of nitrogens with zero attached hydrogens (tertiary/aromatic N) is 1. The van der Waals surface area contributed by atoms with Gasteiger partial charge in [0, 0.05) is 22.7 Å². The molecule has 0 bridgehead atoms. The van der Waals surface area contributed by atoms with Crippen molar-refractivity contribution in [3.63, 3.8) is 0 Å². The van der Waals surface area contributed by atoms with E-state index < -0.39 is 6.04 Å². The first kappa shape index (κ1) is 30.8. The molecule has 1 N–H and O–H groups in total. The Balaban J connectivity index is 1.36. The summed E-state index contributed by atoms with van der Waals surface area (Å²) in [6.07, 6.45) is 0.983. The largest absolute Gasteiger partial charge is 0.490 e. The highest BCUT2D eigenvalue weighted by Gasteiger charge is 2.42. The zero-order valence-corrected chi connectivity index (χ0v) is 27.4. The first-order valence-electron chi connectivity index (χ1n) is 15.7. The van der Waals surface area contributed by atoms with Crippen LogP contribution in [0.3, 0.4) is 0 Å². The molecular weight excluding hydrogens is 628 g/mol. The third-order valence-corrected chi connectivity index (χ3v) is 9.71. The number of rotatable bonds is 8. The fraction of sp³-hybridized carbons (Fsp3) is 0.179. The van der Waals surface area contributed by atoms with Crippen LogP contribution in [0.4, 0.5) is 11.4 Å². The van der Waals surface area contributed by atoms with Crippen LogP contribution in [-0.4, -0.2) is 18.3 Å². The monoisotopic (exact) mass is 660 g/mol. The number of hydrogen-bond acceptors (Lipinski definition) is 6. The standard InChI is InChI=1S/C39H33ClN2O4S/c1-2-45-35-23-27(16-19-34(35)46-24-25-14-17-29(40)18-15-25)38-37-31(21-28(22-33(37)43)26-9-4-3-5-10-26)41-30-11-6-7-12-32(30)42(38)39(44)36-13-8-20-47-36/h3-20,23,28,38,41H,2,21-22,24H2,1H3/t28-,38-/m1/s1. The van der Waals surface area contributed by atoms with Gasteiger partial charge in [-0.15, -0.1) is 11.3 Å². The molecule has 2 heterocycles. The number of ketones is 1. The molecule has 1 aromatic heterocycles. The predicted octanol–water partition coefficient (Wildman–Crippen LogP) is 9.59. The van der Waals surface area contributed by atoms with Crippen LogP contribution in [0.25, 0.3) is 0 Å². The SMILES string of the molecule is CCOc1cc([C@@H]2C3=C(C[C@@H](c4ccccc4)CC3=O)Nc3ccccc3N2C(=O)c2cccs2)ccc1OCc1ccc(Cl)cc1. The first-order valence-corrected chi connectivity index (χ1v) is 16.9. The van der Waals surface area contributed by atoms with Gasteiger partial charge in [0.15, 0.2) is 17.3 Å². The van der Waals surface area contributed by atoms with Crippen molar-refractivity contribution in [3.05, 3.63) is 152 Å². The second-order valence-electron chi connectivity index (χ2n) is 11.6. The van der Waals surface area contributed by atoms with Gasteiger partial charge in [-0.05, 0) is 83.8 Å². The molecule has 0 unspecified atom stereocenters. The first-order chi connectivity index (χ1) is 23.0. The molecule has 6 nitrogen and oxygen atoms in total. The third kappa shape index (κ3) is 6.29. The number of fused-ring (bicyclic) bond motifs is 1. The molecule has 236 valence electrons. The number of nitrogens with one attached hydrogen (secondary N) is 1. The van der Waals surface area contributed by atoms with Gasteiger partial charge >= 0.3 is 0 Å². The Morgan fingerprint density at radius 3 is 2.43 bits per heavy atom. The summed E-state index contributed by atoms with van der Waals surface area (Å²) in [6, 6.07) is 34.2. The lowest BCUT2D eigenvalue weighted by Crippen LogP contribution is -2.38. The van der Waals surface area contributed by atoms with E-state index in [2.05, 4.69) is 17.4 Å². The summed E-state index contributed by atoms with van der Waals surface area (Å²) in [5, 5.41) is 6.17. The van der Waals surface area contributed by atoms with Crippen LogP contribution in [-0.2, 0) is 11.4 Å². The van der Waals surface area contributed by atoms with Crippen molar-refractivity contribution in [1.29, 1.82) is 0 Å². The van der Waals surface area contributed by atoms with Gasteiger partial charge in [0.2, 0.25) is 0 Å². The number of hydrogen-bond donors (Lipinski definition) is 1. The molecule has 4 aromatic carbocycles. The van der Waals surface area contributed by atoms with E-state index in [0.29, 0.717) is 58.7 Å². The number of Topliss-reactive ketones (excluding diaryl/α,β-unsaturated/α-hetero) is 1. The number of halogens is 1. The van der Waals surface area contributed by atoms with E-state index in [-0.39, 0.29) is 17.6 Å². The quantitative estimate of drug-likeness (QED) is 0.180. The average molecular weight is 661 g/mol. The van der Waals surface area contributed by atoms with Crippen molar-refractivity contribution >= 4 is 46.0 Å². The number of thiophene rings is 1. The molecule has 0 saturated carbocycles. The topological polar surface area (TPSA) is 67.9 Å². The van der Waals surface area contributed by atoms with E-state index in [1.165, 1.54) is 11.3 Å². The van der Waals surface area contributed by atoms with Crippen molar-refractivity contribution in [2.75, 3.05) is 16.8 Å². The maximum absolute atomic E-state index is 14.5. The minimum atomic E-state index is -0.704. The van der Waals surface area contributed by atoms with Crippen LogP contribution in [0.2, 0.25) is 5.02 Å². The molecule has 0 fully saturated rings. The van der Waals surface area contributed by atoms with Crippen LogP contribution >= 0.6 is 22.9 Å². The van der Waals surface area contributed by atoms with E-state index in [1.807, 2.05) is 109 Å². The molecule has 8 heteroatoms. The van der Waals surface area contributed by atoms with Gasteiger partial charge < -0.3 is 14.8 Å². The molecule has 1 aliphatic heterocycles. The second-order valence-corrected chi connectivity index (χ2v) is 13.0. The van der Waals surface area contributed by atoms with Crippen molar-refractivity contribution in [2.24, 2.45) is 0 Å². The fourth-order valence-corrected chi connectivity index (χ4v) is 7.22. The number of allylic oxidation sites excluding steroid dienone is 1. The number of carbonyl (C=O) groups is 2. The highest BCUT2D eigenvalue weighted by atomic mass is 35.5. The minimum absolute atomic E-state index is 0.00964. The number of ether oxygens (including phenoxy) is 2. The molecule has 0 saturated heterocycles. The van der Waals surface area contributed by atoms with E-state index in [9.17, 15) is 9.59 Å². The van der Waals surface area contributed by atoms with Gasteiger partial charge in [-0.25, -0.2) is 0 Å². The summed E-state index contributed by atoms with van der Waals surface area (Å²) in [4.78, 5) is 31.3. The zero-order chi connectivity index (χ0) is 32.3. The minimum Gasteiger partial charge on any atom is -0.490 e. The molecular formula is C39H33ClN2O4S. The smallest absolute Gasteiger partial charge is 0.269 e. The molecule has 47 heavy (non-hydrogen) atoms. The molecule has 1 amide bonds. The maximum atomic E-state index is 14.5. The lowest BCUT2D eigenvalue weighted by molar-refractivity contribution is -0.116. The lowest BCUT2D eigenvalue weighted by atomic mass is 9.78. The van der Waals surface area contributed by atoms with Gasteiger partial charge in [0.05, 0.1) is 28.9 Å². The summed E-state index contributed by atoms with van der Waals surface area (Å²) in [7, 11) is 0. The zero-order valence-electron chi connectivity index (χ0n) is 25.8. The van der Waals surface area contributed by atoms with Crippen molar-refractivity contribution < 1.29 is 19.1 Å². The van der Waals surface area contributed by atoms with Crippen molar-refractivity contribution in [1.82, 2.24) is 0 Å². The summed E-state index contributed by atoms with van der Waals surface area (Å²) in [5.41, 5.74) is 5.75. The van der Waals surface area contributed by atoms with Crippen LogP contribution in [0, 0.1) is 0 Å².